The van der Waals surface area contributed by atoms with Crippen molar-refractivity contribution in [3.8, 4) is 11.5 Å². The van der Waals surface area contributed by atoms with Gasteiger partial charge in [-0.1, -0.05) is 30.3 Å². The molecular formula is C37H40F3N3O8. The molecule has 4 aromatic rings. The number of alkyl halides is 3. The van der Waals surface area contributed by atoms with Crippen molar-refractivity contribution in [1.29, 1.82) is 0 Å². The fourth-order valence-corrected chi connectivity index (χ4v) is 6.68. The third kappa shape index (κ3) is 8.02. The van der Waals surface area contributed by atoms with Gasteiger partial charge in [-0.25, -0.2) is 0 Å². The number of hydrogen-bond donors (Lipinski definition) is 1. The van der Waals surface area contributed by atoms with Gasteiger partial charge in [0.2, 0.25) is 5.60 Å². The molecule has 5 rings (SSSR count). The van der Waals surface area contributed by atoms with Gasteiger partial charge in [-0.05, 0) is 68.6 Å². The van der Waals surface area contributed by atoms with Crippen LogP contribution in [0.3, 0.4) is 0 Å². The number of halogens is 3. The zero-order valence-corrected chi connectivity index (χ0v) is 28.6. The number of fused-ring (bicyclic) bond motifs is 1. The zero-order chi connectivity index (χ0) is 36.9. The van der Waals surface area contributed by atoms with Crippen LogP contribution in [0.25, 0.3) is 10.9 Å². The number of carbonyl (C=O) groups is 2. The van der Waals surface area contributed by atoms with Crippen LogP contribution in [0.1, 0.15) is 53.2 Å². The van der Waals surface area contributed by atoms with Crippen molar-refractivity contribution < 1.29 is 47.0 Å². The number of esters is 1. The molecule has 0 aliphatic carbocycles. The highest BCUT2D eigenvalue weighted by molar-refractivity contribution is 6.03. The molecular weight excluding hydrogens is 671 g/mol. The number of piperidine rings is 1. The van der Waals surface area contributed by atoms with Crippen LogP contribution < -0.4 is 9.47 Å². The SMILES string of the molecule is CCOC(=O)CCc1cc(OC)c(C(=O)C2CCN(CC(O)(c3cn(Cc4ccccc4)c4cc([N+](=O)[O-])ccc34)C(F)(F)F)CC2)c(OC)c1. The number of carbonyl (C=O) groups excluding carboxylic acids is 2. The minimum Gasteiger partial charge on any atom is -0.496 e. The Morgan fingerprint density at radius 2 is 1.63 bits per heavy atom. The molecule has 1 saturated heterocycles. The number of rotatable bonds is 14. The van der Waals surface area contributed by atoms with E-state index in [1.807, 2.05) is 0 Å². The van der Waals surface area contributed by atoms with E-state index >= 15 is 0 Å². The molecule has 3 aromatic carbocycles. The predicted molar refractivity (Wildman–Crippen MR) is 182 cm³/mol. The fraction of sp³-hybridized carbons (Fsp3) is 0.405. The number of aromatic nitrogens is 1. The first kappa shape index (κ1) is 37.3. The molecule has 0 amide bonds. The van der Waals surface area contributed by atoms with Crippen LogP contribution >= 0.6 is 0 Å². The van der Waals surface area contributed by atoms with Gasteiger partial charge in [0.15, 0.2) is 5.78 Å². The van der Waals surface area contributed by atoms with Gasteiger partial charge in [0, 0.05) is 54.7 Å². The molecule has 272 valence electrons. The average molecular weight is 712 g/mol. The number of benzene rings is 3. The fourth-order valence-electron chi connectivity index (χ4n) is 6.68. The number of methoxy groups -OCH3 is 2. The summed E-state index contributed by atoms with van der Waals surface area (Å²) >= 11 is 0. The summed E-state index contributed by atoms with van der Waals surface area (Å²) in [6.45, 7) is 1.48. The molecule has 2 heterocycles. The molecule has 11 nitrogen and oxygen atoms in total. The Morgan fingerprint density at radius 3 is 2.20 bits per heavy atom. The van der Waals surface area contributed by atoms with Crippen LogP contribution in [-0.4, -0.2) is 77.9 Å². The van der Waals surface area contributed by atoms with E-state index in [0.29, 0.717) is 12.0 Å². The first-order valence-corrected chi connectivity index (χ1v) is 16.6. The van der Waals surface area contributed by atoms with Gasteiger partial charge in [-0.2, -0.15) is 13.2 Å². The van der Waals surface area contributed by atoms with Gasteiger partial charge >= 0.3 is 12.1 Å². The first-order chi connectivity index (χ1) is 24.3. The molecule has 0 spiro atoms. The lowest BCUT2D eigenvalue weighted by molar-refractivity contribution is -0.384. The second-order valence-corrected chi connectivity index (χ2v) is 12.6. The molecule has 1 fully saturated rings. The van der Waals surface area contributed by atoms with Crippen LogP contribution in [0.2, 0.25) is 0 Å². The standard InChI is InChI=1S/C37H40F3N3O8/c1-4-51-33(44)13-10-25-18-31(49-2)34(32(19-25)50-3)35(45)26-14-16-41(17-15-26)23-36(46,37(38,39)40)29-22-42(21-24-8-6-5-7-9-24)30-20-27(43(47)48)11-12-28(29)30/h5-9,11-12,18-20,22,26,46H,4,10,13-17,21,23H2,1-3H3. The lowest BCUT2D eigenvalue weighted by Crippen LogP contribution is -2.52. The van der Waals surface area contributed by atoms with Crippen LogP contribution in [0.5, 0.6) is 11.5 Å². The number of aryl methyl sites for hydroxylation is 1. The van der Waals surface area contributed by atoms with E-state index in [0.717, 1.165) is 11.6 Å². The van der Waals surface area contributed by atoms with Crippen LogP contribution in [0, 0.1) is 16.0 Å². The smallest absolute Gasteiger partial charge is 0.422 e. The lowest BCUT2D eigenvalue weighted by Gasteiger charge is -2.38. The number of nitro groups is 1. The van der Waals surface area contributed by atoms with Gasteiger partial charge in [-0.3, -0.25) is 24.6 Å². The summed E-state index contributed by atoms with van der Waals surface area (Å²) in [7, 11) is 2.83. The summed E-state index contributed by atoms with van der Waals surface area (Å²) in [5.41, 5.74) is -2.17. The largest absolute Gasteiger partial charge is 0.496 e. The van der Waals surface area contributed by atoms with E-state index in [-0.39, 0.29) is 90.9 Å². The minimum absolute atomic E-state index is 0.0475. The number of nitrogens with zero attached hydrogens (tertiary/aromatic N) is 3. The van der Waals surface area contributed by atoms with Crippen LogP contribution in [0.4, 0.5) is 18.9 Å². The summed E-state index contributed by atoms with van der Waals surface area (Å²) in [4.78, 5) is 38.1. The lowest BCUT2D eigenvalue weighted by atomic mass is 9.86. The van der Waals surface area contributed by atoms with E-state index in [4.69, 9.17) is 14.2 Å². The van der Waals surface area contributed by atoms with Gasteiger partial charge in [0.25, 0.3) is 5.69 Å². The number of hydrogen-bond acceptors (Lipinski definition) is 9. The maximum atomic E-state index is 15.0. The number of non-ortho nitro benzene ring substituents is 1. The van der Waals surface area contributed by atoms with Gasteiger partial charge in [-0.15, -0.1) is 0 Å². The van der Waals surface area contributed by atoms with Crippen molar-refractivity contribution in [3.05, 3.63) is 99.2 Å². The Morgan fingerprint density at radius 1 is 0.980 bits per heavy atom. The highest BCUT2D eigenvalue weighted by Crippen LogP contribution is 2.45. The van der Waals surface area contributed by atoms with Crippen molar-refractivity contribution >= 4 is 28.3 Å². The third-order valence-electron chi connectivity index (χ3n) is 9.33. The number of nitro benzene ring substituents is 1. The maximum Gasteiger partial charge on any atom is 0.422 e. The first-order valence-electron chi connectivity index (χ1n) is 16.6. The molecule has 1 aliphatic rings. The molecule has 14 heteroatoms. The Bertz CT molecular complexity index is 1860. The highest BCUT2D eigenvalue weighted by atomic mass is 19.4. The average Bonchev–Trinajstić information content (AvgIpc) is 3.48. The van der Waals surface area contributed by atoms with Crippen molar-refractivity contribution in [2.75, 3.05) is 40.5 Å². The third-order valence-corrected chi connectivity index (χ3v) is 9.33. The Labute approximate surface area is 292 Å². The van der Waals surface area contributed by atoms with Gasteiger partial charge < -0.3 is 23.9 Å². The Hall–Kier alpha value is -4.95. The van der Waals surface area contributed by atoms with E-state index in [9.17, 15) is 38.0 Å². The summed E-state index contributed by atoms with van der Waals surface area (Å²) in [6, 6.07) is 15.8. The maximum absolute atomic E-state index is 15.0. The summed E-state index contributed by atoms with van der Waals surface area (Å²) in [5.74, 6) is -0.668. The van der Waals surface area contributed by atoms with Crippen molar-refractivity contribution in [2.45, 2.75) is 50.9 Å². The molecule has 51 heavy (non-hydrogen) atoms. The minimum atomic E-state index is -5.11. The molecule has 1 unspecified atom stereocenters. The molecule has 0 saturated carbocycles. The molecule has 0 radical (unpaired) electrons. The topological polar surface area (TPSA) is 133 Å². The van der Waals surface area contributed by atoms with Crippen molar-refractivity contribution in [2.24, 2.45) is 5.92 Å². The predicted octanol–water partition coefficient (Wildman–Crippen LogP) is 6.46. The van der Waals surface area contributed by atoms with Gasteiger partial charge in [0.1, 0.15) is 17.1 Å². The molecule has 0 bridgehead atoms. The quantitative estimate of drug-likeness (QED) is 0.0678. The van der Waals surface area contributed by atoms with E-state index in [2.05, 4.69) is 0 Å². The second-order valence-electron chi connectivity index (χ2n) is 12.6. The van der Waals surface area contributed by atoms with Crippen molar-refractivity contribution in [1.82, 2.24) is 9.47 Å². The van der Waals surface area contributed by atoms with E-state index in [1.54, 1.807) is 49.4 Å². The van der Waals surface area contributed by atoms with E-state index in [1.165, 1.54) is 42.0 Å². The number of aliphatic hydroxyl groups is 1. The normalized spacial score (nSPS) is 15.4. The zero-order valence-electron chi connectivity index (χ0n) is 28.6. The number of β-amino-alcohol motifs (C(OH)–C–C–N with tert-alkyl or cyclic N) is 1. The number of likely N-dealkylation sites (tertiary alicyclic amines) is 1. The summed E-state index contributed by atoms with van der Waals surface area (Å²) < 4.78 is 62.5. The number of ether oxygens (including phenoxy) is 3. The molecule has 1 N–H and O–H groups in total. The van der Waals surface area contributed by atoms with E-state index < -0.39 is 34.7 Å². The molecule has 1 aromatic heterocycles. The summed E-state index contributed by atoms with van der Waals surface area (Å²) in [6.07, 6.45) is -2.99. The summed E-state index contributed by atoms with van der Waals surface area (Å²) in [5, 5.41) is 23.2. The monoisotopic (exact) mass is 711 g/mol. The molecule has 1 atom stereocenters. The Kier molecular flexibility index (Phi) is 11.4. The number of ketones is 1. The van der Waals surface area contributed by atoms with Crippen LogP contribution in [0.15, 0.2) is 66.9 Å². The molecule has 1 aliphatic heterocycles. The number of Topliss-reactive ketones (excluding diaryl/α,β-unsaturated/α-hetero) is 1. The second kappa shape index (κ2) is 15.5. The Balaban J connectivity index is 1.38. The van der Waals surface area contributed by atoms with Gasteiger partial charge in [0.05, 0.1) is 31.3 Å². The van der Waals surface area contributed by atoms with Crippen LogP contribution in [-0.2, 0) is 28.1 Å². The highest BCUT2D eigenvalue weighted by Gasteiger charge is 2.57. The van der Waals surface area contributed by atoms with Crippen molar-refractivity contribution in [3.63, 3.8) is 0 Å².